The average Bonchev–Trinajstić information content (AvgIpc) is 2.56. The van der Waals surface area contributed by atoms with Crippen molar-refractivity contribution in [2.45, 2.75) is 58.3 Å². The number of hydrogen-bond acceptors (Lipinski definition) is 3. The van der Waals surface area contributed by atoms with Crippen molar-refractivity contribution in [3.8, 4) is 5.75 Å². The highest BCUT2D eigenvalue weighted by Gasteiger charge is 2.21. The van der Waals surface area contributed by atoms with Gasteiger partial charge in [-0.25, -0.2) is 4.79 Å². The summed E-state index contributed by atoms with van der Waals surface area (Å²) in [5.41, 5.74) is 1.77. The molecule has 3 heteroatoms. The van der Waals surface area contributed by atoms with Crippen molar-refractivity contribution in [1.82, 2.24) is 0 Å². The molecule has 2 rings (SSSR count). The smallest absolute Gasteiger partial charge is 0.335 e. The fourth-order valence-electron chi connectivity index (χ4n) is 3.30. The molecular formula is C20H28O3. The maximum absolute atomic E-state index is 11.3. The van der Waals surface area contributed by atoms with Crippen LogP contribution in [-0.4, -0.2) is 12.8 Å². The number of benzene rings is 1. The molecule has 0 atom stereocenters. The SMILES string of the molecule is C=C(C)C(=O)OCOc1ccc(C2CCC(CCC)CC2)cc1. The molecular weight excluding hydrogens is 288 g/mol. The Bertz CT molecular complexity index is 510. The van der Waals surface area contributed by atoms with Crippen LogP contribution in [0.2, 0.25) is 0 Å². The minimum Gasteiger partial charge on any atom is -0.457 e. The standard InChI is InChI=1S/C20H28O3/c1-4-5-16-6-8-17(9-7-16)18-10-12-19(13-11-18)22-14-23-20(21)15(2)3/h10-13,16-17H,2,4-9,14H2,1,3H3. The van der Waals surface area contributed by atoms with Crippen LogP contribution >= 0.6 is 0 Å². The molecule has 23 heavy (non-hydrogen) atoms. The van der Waals surface area contributed by atoms with E-state index < -0.39 is 5.97 Å². The van der Waals surface area contributed by atoms with Crippen LogP contribution in [0.4, 0.5) is 0 Å². The maximum atomic E-state index is 11.3. The quantitative estimate of drug-likeness (QED) is 0.393. The Morgan fingerprint density at radius 1 is 1.17 bits per heavy atom. The van der Waals surface area contributed by atoms with E-state index in [1.54, 1.807) is 6.92 Å². The molecule has 0 bridgehead atoms. The molecule has 0 aromatic heterocycles. The van der Waals surface area contributed by atoms with Gasteiger partial charge < -0.3 is 9.47 Å². The summed E-state index contributed by atoms with van der Waals surface area (Å²) in [5.74, 6) is 1.91. The monoisotopic (exact) mass is 316 g/mol. The lowest BCUT2D eigenvalue weighted by molar-refractivity contribution is -0.145. The van der Waals surface area contributed by atoms with Gasteiger partial charge in [-0.2, -0.15) is 0 Å². The van der Waals surface area contributed by atoms with Gasteiger partial charge in [-0.1, -0.05) is 38.5 Å². The summed E-state index contributed by atoms with van der Waals surface area (Å²) in [5, 5.41) is 0. The van der Waals surface area contributed by atoms with Crippen molar-refractivity contribution in [3.05, 3.63) is 42.0 Å². The van der Waals surface area contributed by atoms with Gasteiger partial charge in [-0.3, -0.25) is 0 Å². The lowest BCUT2D eigenvalue weighted by Crippen LogP contribution is -2.13. The molecule has 1 aromatic rings. The first-order valence-electron chi connectivity index (χ1n) is 8.65. The van der Waals surface area contributed by atoms with Gasteiger partial charge in [-0.15, -0.1) is 0 Å². The van der Waals surface area contributed by atoms with E-state index in [9.17, 15) is 4.79 Å². The summed E-state index contributed by atoms with van der Waals surface area (Å²) in [6, 6.07) is 8.20. The van der Waals surface area contributed by atoms with Crippen LogP contribution in [0.3, 0.4) is 0 Å². The van der Waals surface area contributed by atoms with Crippen LogP contribution in [-0.2, 0) is 9.53 Å². The zero-order valence-electron chi connectivity index (χ0n) is 14.3. The second-order valence-corrected chi connectivity index (χ2v) is 6.55. The first-order valence-corrected chi connectivity index (χ1v) is 8.65. The first-order chi connectivity index (χ1) is 11.1. The lowest BCUT2D eigenvalue weighted by Gasteiger charge is -2.28. The van der Waals surface area contributed by atoms with Gasteiger partial charge in [0.25, 0.3) is 0 Å². The molecule has 1 aliphatic rings. The van der Waals surface area contributed by atoms with Crippen LogP contribution in [0.1, 0.15) is 63.9 Å². The van der Waals surface area contributed by atoms with E-state index in [2.05, 4.69) is 25.6 Å². The van der Waals surface area contributed by atoms with E-state index in [0.717, 1.165) is 11.7 Å². The summed E-state index contributed by atoms with van der Waals surface area (Å²) in [7, 11) is 0. The fraction of sp³-hybridized carbons (Fsp3) is 0.550. The number of ether oxygens (including phenoxy) is 2. The van der Waals surface area contributed by atoms with Crippen molar-refractivity contribution >= 4 is 5.97 Å². The van der Waals surface area contributed by atoms with E-state index in [0.29, 0.717) is 11.5 Å². The summed E-state index contributed by atoms with van der Waals surface area (Å²) in [6.45, 7) is 7.35. The second kappa shape index (κ2) is 8.76. The molecule has 3 nitrogen and oxygen atoms in total. The minimum atomic E-state index is -0.426. The molecule has 0 unspecified atom stereocenters. The first kappa shape index (κ1) is 17.6. The van der Waals surface area contributed by atoms with Gasteiger partial charge in [0.1, 0.15) is 5.75 Å². The zero-order valence-corrected chi connectivity index (χ0v) is 14.3. The molecule has 0 heterocycles. The molecule has 0 spiro atoms. The maximum Gasteiger partial charge on any atom is 0.335 e. The highest BCUT2D eigenvalue weighted by molar-refractivity contribution is 5.86. The zero-order chi connectivity index (χ0) is 16.7. The predicted molar refractivity (Wildman–Crippen MR) is 92.5 cm³/mol. The predicted octanol–water partition coefficient (Wildman–Crippen LogP) is 5.22. The average molecular weight is 316 g/mol. The van der Waals surface area contributed by atoms with Gasteiger partial charge in [0.05, 0.1) is 0 Å². The topological polar surface area (TPSA) is 35.5 Å². The Balaban J connectivity index is 1.78. The van der Waals surface area contributed by atoms with E-state index in [-0.39, 0.29) is 6.79 Å². The van der Waals surface area contributed by atoms with Crippen molar-refractivity contribution in [2.75, 3.05) is 6.79 Å². The highest BCUT2D eigenvalue weighted by Crippen LogP contribution is 2.37. The van der Waals surface area contributed by atoms with Crippen LogP contribution < -0.4 is 4.74 Å². The molecule has 0 amide bonds. The second-order valence-electron chi connectivity index (χ2n) is 6.55. The van der Waals surface area contributed by atoms with Gasteiger partial charge in [0, 0.05) is 5.57 Å². The number of carbonyl (C=O) groups is 1. The van der Waals surface area contributed by atoms with Crippen molar-refractivity contribution in [1.29, 1.82) is 0 Å². The largest absolute Gasteiger partial charge is 0.457 e. The Morgan fingerprint density at radius 3 is 2.39 bits per heavy atom. The molecule has 0 saturated heterocycles. The number of esters is 1. The normalized spacial score (nSPS) is 20.8. The summed E-state index contributed by atoms with van der Waals surface area (Å²) in [6.07, 6.45) is 7.98. The van der Waals surface area contributed by atoms with Crippen molar-refractivity contribution in [3.63, 3.8) is 0 Å². The van der Waals surface area contributed by atoms with Crippen molar-refractivity contribution in [2.24, 2.45) is 5.92 Å². The third-order valence-corrected chi connectivity index (χ3v) is 4.66. The molecule has 0 N–H and O–H groups in total. The Kier molecular flexibility index (Phi) is 6.69. The van der Waals surface area contributed by atoms with Crippen molar-refractivity contribution < 1.29 is 14.3 Å². The molecule has 1 aliphatic carbocycles. The Labute approximate surface area is 139 Å². The van der Waals surface area contributed by atoms with E-state index >= 15 is 0 Å². The third-order valence-electron chi connectivity index (χ3n) is 4.66. The number of hydrogen-bond donors (Lipinski definition) is 0. The Hall–Kier alpha value is -1.77. The van der Waals surface area contributed by atoms with Gasteiger partial charge in [-0.05, 0) is 62.1 Å². The molecule has 1 saturated carbocycles. The van der Waals surface area contributed by atoms with Crippen LogP contribution in [0, 0.1) is 5.92 Å². The summed E-state index contributed by atoms with van der Waals surface area (Å²) in [4.78, 5) is 11.3. The van der Waals surface area contributed by atoms with Gasteiger partial charge in [0.15, 0.2) is 0 Å². The van der Waals surface area contributed by atoms with Crippen LogP contribution in [0.25, 0.3) is 0 Å². The third kappa shape index (κ3) is 5.42. The lowest BCUT2D eigenvalue weighted by atomic mass is 9.77. The van der Waals surface area contributed by atoms with E-state index in [1.807, 2.05) is 12.1 Å². The molecule has 0 aliphatic heterocycles. The van der Waals surface area contributed by atoms with Crippen LogP contribution in [0.5, 0.6) is 5.75 Å². The van der Waals surface area contributed by atoms with Crippen LogP contribution in [0.15, 0.2) is 36.4 Å². The van der Waals surface area contributed by atoms with Gasteiger partial charge in [0.2, 0.25) is 6.79 Å². The number of carbonyl (C=O) groups excluding carboxylic acids is 1. The molecule has 1 aromatic carbocycles. The number of rotatable bonds is 7. The molecule has 126 valence electrons. The van der Waals surface area contributed by atoms with E-state index in [1.165, 1.54) is 44.1 Å². The van der Waals surface area contributed by atoms with Gasteiger partial charge >= 0.3 is 5.97 Å². The molecule has 0 radical (unpaired) electrons. The Morgan fingerprint density at radius 2 is 1.83 bits per heavy atom. The fourth-order valence-corrected chi connectivity index (χ4v) is 3.30. The minimum absolute atomic E-state index is 0.0762. The summed E-state index contributed by atoms with van der Waals surface area (Å²) >= 11 is 0. The molecule has 1 fully saturated rings. The van der Waals surface area contributed by atoms with E-state index in [4.69, 9.17) is 9.47 Å². The highest BCUT2D eigenvalue weighted by atomic mass is 16.7. The summed E-state index contributed by atoms with van der Waals surface area (Å²) < 4.78 is 10.4.